The molecule has 1 aromatic rings. The van der Waals surface area contributed by atoms with E-state index in [1.807, 2.05) is 0 Å². The molecule has 1 aromatic carbocycles. The Hall–Kier alpha value is -3.54. The van der Waals surface area contributed by atoms with Gasteiger partial charge in [0.25, 0.3) is 0 Å². The Morgan fingerprint density at radius 1 is 0.659 bits per heavy atom. The Morgan fingerprint density at radius 2 is 1.09 bits per heavy atom. The van der Waals surface area contributed by atoms with Gasteiger partial charge in [0.2, 0.25) is 12.4 Å². The van der Waals surface area contributed by atoms with Crippen molar-refractivity contribution < 1.29 is 47.6 Å². The first-order valence-electron chi connectivity index (χ1n) is 14.6. The number of hydrogen-bond donors (Lipinski definition) is 2. The average molecular weight is 623 g/mol. The van der Waals surface area contributed by atoms with Crippen molar-refractivity contribution in [2.24, 2.45) is 21.7 Å². The normalized spacial score (nSPS) is 22.9. The Bertz CT molecular complexity index is 1220. The Morgan fingerprint density at radius 3 is 1.55 bits per heavy atom. The van der Waals surface area contributed by atoms with Crippen LogP contribution in [0.2, 0.25) is 0 Å². The second-order valence-electron chi connectivity index (χ2n) is 15.1. The number of esters is 4. The van der Waals surface area contributed by atoms with E-state index in [4.69, 9.17) is 39.9 Å². The second-order valence-corrected chi connectivity index (χ2v) is 15.1. The van der Waals surface area contributed by atoms with Crippen LogP contribution in [0.3, 0.4) is 0 Å². The third-order valence-corrected chi connectivity index (χ3v) is 6.49. The van der Waals surface area contributed by atoms with Crippen molar-refractivity contribution in [3.63, 3.8) is 0 Å². The minimum absolute atomic E-state index is 0.0947. The van der Waals surface area contributed by atoms with Gasteiger partial charge >= 0.3 is 23.9 Å². The zero-order chi connectivity index (χ0) is 34.0. The molecule has 1 heterocycles. The molecule has 12 heteroatoms. The molecular formula is C32H50N2O10. The summed E-state index contributed by atoms with van der Waals surface area (Å²) in [6.45, 7) is 19.4. The summed E-state index contributed by atoms with van der Waals surface area (Å²) in [5.41, 5.74) is 8.65. The molecule has 1 aliphatic rings. The first kappa shape index (κ1) is 36.7. The highest BCUT2D eigenvalue weighted by molar-refractivity contribution is 5.78. The highest BCUT2D eigenvalue weighted by Crippen LogP contribution is 2.37. The molecule has 5 atom stereocenters. The van der Waals surface area contributed by atoms with Gasteiger partial charge in [0.1, 0.15) is 18.5 Å². The lowest BCUT2D eigenvalue weighted by Crippen LogP contribution is -2.65. The van der Waals surface area contributed by atoms with Crippen molar-refractivity contribution in [1.82, 2.24) is 0 Å². The third kappa shape index (κ3) is 9.48. The number of hydrogen-bond acceptors (Lipinski definition) is 12. The number of anilines is 2. The molecule has 0 aromatic heterocycles. The topological polar surface area (TPSA) is 176 Å². The van der Waals surface area contributed by atoms with Gasteiger partial charge in [0, 0.05) is 0 Å². The molecule has 1 fully saturated rings. The molecule has 0 radical (unpaired) electrons. The molecule has 0 amide bonds. The molecule has 1 saturated heterocycles. The summed E-state index contributed by atoms with van der Waals surface area (Å²) < 4.78 is 35.8. The first-order valence-corrected chi connectivity index (χ1v) is 14.6. The molecule has 0 saturated carbocycles. The molecule has 0 bridgehead atoms. The quantitative estimate of drug-likeness (QED) is 0.249. The number of para-hydroxylation sites is 1. The van der Waals surface area contributed by atoms with Crippen LogP contribution in [0.15, 0.2) is 18.2 Å². The molecule has 0 spiro atoms. The fourth-order valence-corrected chi connectivity index (χ4v) is 3.57. The smallest absolute Gasteiger partial charge is 0.311 e. The molecule has 248 valence electrons. The molecule has 0 unspecified atom stereocenters. The standard InChI is InChI=1S/C32H50N2O10/c1-29(2,3)25(35)39-16-19-21(42-26(36)30(4,5)6)22(43-27(37)31(7,8)9)23(44-28(38)32(10,11)12)24(41-19)40-18-15-13-14-17(33)20(18)34/h13-15,19,21-24H,16,33-34H2,1-12H3/t19-,21-,22+,23-,24+/m1/s1. The number of carbonyl (C=O) groups excluding carboxylic acids is 4. The minimum atomic E-state index is -1.47. The van der Waals surface area contributed by atoms with Crippen molar-refractivity contribution in [3.05, 3.63) is 18.2 Å². The summed E-state index contributed by atoms with van der Waals surface area (Å²) in [6, 6.07) is 4.72. The number of carbonyl (C=O) groups is 4. The predicted molar refractivity (Wildman–Crippen MR) is 163 cm³/mol. The fraction of sp³-hybridized carbons (Fsp3) is 0.688. The van der Waals surface area contributed by atoms with Gasteiger partial charge in [-0.05, 0) is 95.2 Å². The van der Waals surface area contributed by atoms with E-state index in [9.17, 15) is 19.2 Å². The molecule has 4 N–H and O–H groups in total. The summed E-state index contributed by atoms with van der Waals surface area (Å²) in [6.07, 6.45) is -6.97. The SMILES string of the molecule is CC(C)(C)C(=O)OC[C@H]1O[C@H](Oc2cccc(N)c2N)[C@H](OC(=O)C(C)(C)C)[C@@H](OC(=O)C(C)(C)C)[C@@H]1OC(=O)C(C)(C)C. The van der Waals surface area contributed by atoms with Crippen LogP contribution in [0.25, 0.3) is 0 Å². The molecule has 44 heavy (non-hydrogen) atoms. The predicted octanol–water partition coefficient (Wildman–Crippen LogP) is 4.42. The zero-order valence-electron chi connectivity index (χ0n) is 28.1. The maximum absolute atomic E-state index is 13.4. The first-order chi connectivity index (χ1) is 19.8. The maximum Gasteiger partial charge on any atom is 0.311 e. The number of benzene rings is 1. The van der Waals surface area contributed by atoms with Gasteiger partial charge in [-0.2, -0.15) is 0 Å². The van der Waals surface area contributed by atoms with Gasteiger partial charge in [0.05, 0.1) is 33.0 Å². The van der Waals surface area contributed by atoms with Crippen LogP contribution in [-0.2, 0) is 42.9 Å². The molecule has 2 rings (SSSR count). The zero-order valence-corrected chi connectivity index (χ0v) is 28.1. The van der Waals surface area contributed by atoms with E-state index >= 15 is 0 Å². The van der Waals surface area contributed by atoms with E-state index in [0.29, 0.717) is 0 Å². The molecule has 12 nitrogen and oxygen atoms in total. The summed E-state index contributed by atoms with van der Waals surface area (Å²) in [4.78, 5) is 52.6. The third-order valence-electron chi connectivity index (χ3n) is 6.49. The van der Waals surface area contributed by atoms with E-state index in [2.05, 4.69) is 0 Å². The summed E-state index contributed by atoms with van der Waals surface area (Å²) in [7, 11) is 0. The van der Waals surface area contributed by atoms with Gasteiger partial charge in [-0.1, -0.05) is 6.07 Å². The van der Waals surface area contributed by atoms with Gasteiger partial charge in [-0.3, -0.25) is 19.2 Å². The van der Waals surface area contributed by atoms with Crippen molar-refractivity contribution in [2.45, 2.75) is 114 Å². The van der Waals surface area contributed by atoms with Gasteiger partial charge in [-0.25, -0.2) is 0 Å². The minimum Gasteiger partial charge on any atom is -0.462 e. The molecular weight excluding hydrogens is 572 g/mol. The Balaban J connectivity index is 2.75. The molecule has 1 aliphatic heterocycles. The number of nitrogens with two attached hydrogens (primary N) is 2. The van der Waals surface area contributed by atoms with Crippen LogP contribution in [0.5, 0.6) is 5.75 Å². The van der Waals surface area contributed by atoms with Gasteiger partial charge in [-0.15, -0.1) is 0 Å². The van der Waals surface area contributed by atoms with E-state index in [-0.39, 0.29) is 17.1 Å². The van der Waals surface area contributed by atoms with Crippen LogP contribution in [0.1, 0.15) is 83.1 Å². The fourth-order valence-electron chi connectivity index (χ4n) is 3.57. The summed E-state index contributed by atoms with van der Waals surface area (Å²) in [5.74, 6) is -2.45. The summed E-state index contributed by atoms with van der Waals surface area (Å²) >= 11 is 0. The van der Waals surface area contributed by atoms with Crippen LogP contribution in [-0.4, -0.2) is 61.2 Å². The highest BCUT2D eigenvalue weighted by atomic mass is 16.7. The van der Waals surface area contributed by atoms with E-state index in [1.54, 1.807) is 95.2 Å². The Kier molecular flexibility index (Phi) is 11.0. The van der Waals surface area contributed by atoms with Crippen LogP contribution in [0.4, 0.5) is 11.4 Å². The lowest BCUT2D eigenvalue weighted by Gasteiger charge is -2.45. The van der Waals surface area contributed by atoms with Gasteiger partial charge in [0.15, 0.2) is 12.2 Å². The van der Waals surface area contributed by atoms with Crippen LogP contribution < -0.4 is 16.2 Å². The number of ether oxygens (including phenoxy) is 6. The number of nitrogen functional groups attached to an aromatic ring is 2. The number of rotatable bonds is 7. The van der Waals surface area contributed by atoms with Crippen LogP contribution in [0, 0.1) is 21.7 Å². The monoisotopic (exact) mass is 622 g/mol. The van der Waals surface area contributed by atoms with E-state index in [1.165, 1.54) is 6.07 Å². The van der Waals surface area contributed by atoms with E-state index < -0.39 is 82.8 Å². The Labute approximate surface area is 260 Å². The van der Waals surface area contributed by atoms with Crippen molar-refractivity contribution in [1.29, 1.82) is 0 Å². The lowest BCUT2D eigenvalue weighted by atomic mass is 9.93. The molecule has 0 aliphatic carbocycles. The highest BCUT2D eigenvalue weighted by Gasteiger charge is 2.55. The largest absolute Gasteiger partial charge is 0.462 e. The lowest BCUT2D eigenvalue weighted by molar-refractivity contribution is -0.293. The maximum atomic E-state index is 13.4. The van der Waals surface area contributed by atoms with Crippen molar-refractivity contribution >= 4 is 35.3 Å². The van der Waals surface area contributed by atoms with Crippen molar-refractivity contribution in [3.8, 4) is 5.75 Å². The van der Waals surface area contributed by atoms with Crippen molar-refractivity contribution in [2.75, 3.05) is 18.1 Å². The second kappa shape index (κ2) is 13.2. The van der Waals surface area contributed by atoms with Crippen LogP contribution >= 0.6 is 0 Å². The average Bonchev–Trinajstić information content (AvgIpc) is 2.85. The van der Waals surface area contributed by atoms with Gasteiger partial charge < -0.3 is 39.9 Å². The van der Waals surface area contributed by atoms with E-state index in [0.717, 1.165) is 0 Å². The summed E-state index contributed by atoms with van der Waals surface area (Å²) in [5, 5.41) is 0.